The quantitative estimate of drug-likeness (QED) is 0.224. The first-order valence-electron chi connectivity index (χ1n) is 13.7. The van der Waals surface area contributed by atoms with Crippen molar-refractivity contribution in [3.63, 3.8) is 0 Å². The highest BCUT2D eigenvalue weighted by Gasteiger charge is 2.39. The summed E-state index contributed by atoms with van der Waals surface area (Å²) < 4.78 is 19.9. The second-order valence-corrected chi connectivity index (χ2v) is 11.2. The number of esters is 1. The van der Waals surface area contributed by atoms with Gasteiger partial charge in [-0.3, -0.25) is 4.79 Å². The van der Waals surface area contributed by atoms with Crippen molar-refractivity contribution in [3.8, 4) is 5.75 Å². The normalized spacial score (nSPS) is 32.1. The third kappa shape index (κ3) is 6.28. The lowest BCUT2D eigenvalue weighted by Crippen LogP contribution is -2.35. The standard InChI is InChI=1S/C30H43FO2/c1-3-5-7-22-9-17-29(28(31)19-22)33-30(32)24-13-11-23(12-14-24)26-16-15-25-18-21(6-4-2)8-10-27(25)20-26/h3,9,17,19,21,23-27H,1,4-8,10-16,18,20H2,2H3. The smallest absolute Gasteiger partial charge is 0.314 e. The minimum Gasteiger partial charge on any atom is -0.423 e. The third-order valence-electron chi connectivity index (χ3n) is 9.07. The molecule has 33 heavy (non-hydrogen) atoms. The summed E-state index contributed by atoms with van der Waals surface area (Å²) in [5.41, 5.74) is 0.904. The van der Waals surface area contributed by atoms with Gasteiger partial charge in [0.05, 0.1) is 5.92 Å². The average molecular weight is 455 g/mol. The van der Waals surface area contributed by atoms with Crippen LogP contribution in [-0.4, -0.2) is 5.97 Å². The van der Waals surface area contributed by atoms with Crippen LogP contribution in [0, 0.1) is 41.3 Å². The molecular weight excluding hydrogens is 411 g/mol. The van der Waals surface area contributed by atoms with Gasteiger partial charge in [-0.2, -0.15) is 0 Å². The maximum Gasteiger partial charge on any atom is 0.314 e. The van der Waals surface area contributed by atoms with E-state index >= 15 is 0 Å². The van der Waals surface area contributed by atoms with Crippen molar-refractivity contribution in [3.05, 3.63) is 42.2 Å². The molecule has 3 fully saturated rings. The highest BCUT2D eigenvalue weighted by atomic mass is 19.1. The molecule has 1 aromatic carbocycles. The molecule has 0 saturated heterocycles. The number of allylic oxidation sites excluding steroid dienone is 1. The van der Waals surface area contributed by atoms with Crippen molar-refractivity contribution in [2.45, 2.75) is 96.8 Å². The van der Waals surface area contributed by atoms with Crippen molar-refractivity contribution in [2.24, 2.45) is 35.5 Å². The number of rotatable bonds is 8. The van der Waals surface area contributed by atoms with E-state index in [0.717, 1.165) is 73.7 Å². The fourth-order valence-corrected chi connectivity index (χ4v) is 7.19. The number of fused-ring (bicyclic) bond motifs is 1. The number of ether oxygens (including phenoxy) is 1. The Bertz CT molecular complexity index is 794. The van der Waals surface area contributed by atoms with Crippen molar-refractivity contribution in [1.82, 2.24) is 0 Å². The number of carbonyl (C=O) groups excluding carboxylic acids is 1. The Kier molecular flexibility index (Phi) is 8.66. The molecule has 4 atom stereocenters. The molecule has 0 aromatic heterocycles. The Morgan fingerprint density at radius 1 is 1.00 bits per heavy atom. The predicted octanol–water partition coefficient (Wildman–Crippen LogP) is 8.29. The lowest BCUT2D eigenvalue weighted by Gasteiger charge is -2.45. The van der Waals surface area contributed by atoms with Crippen LogP contribution in [0.2, 0.25) is 0 Å². The number of aryl methyl sites for hydroxylation is 1. The van der Waals surface area contributed by atoms with Crippen LogP contribution in [0.4, 0.5) is 4.39 Å². The molecule has 0 aliphatic heterocycles. The molecule has 0 amide bonds. The Morgan fingerprint density at radius 3 is 2.36 bits per heavy atom. The first-order valence-corrected chi connectivity index (χ1v) is 13.7. The Morgan fingerprint density at radius 2 is 1.67 bits per heavy atom. The zero-order valence-electron chi connectivity index (χ0n) is 20.6. The van der Waals surface area contributed by atoms with Crippen LogP contribution in [0.1, 0.15) is 96.0 Å². The lowest BCUT2D eigenvalue weighted by molar-refractivity contribution is -0.140. The summed E-state index contributed by atoms with van der Waals surface area (Å²) in [4.78, 5) is 12.7. The summed E-state index contributed by atoms with van der Waals surface area (Å²) in [5.74, 6) is 3.85. The monoisotopic (exact) mass is 454 g/mol. The first-order chi connectivity index (χ1) is 16.1. The van der Waals surface area contributed by atoms with E-state index in [4.69, 9.17) is 4.74 Å². The summed E-state index contributed by atoms with van der Waals surface area (Å²) in [5, 5.41) is 0. The maximum atomic E-state index is 14.4. The number of hydrogen-bond acceptors (Lipinski definition) is 2. The van der Waals surface area contributed by atoms with E-state index in [-0.39, 0.29) is 17.6 Å². The highest BCUT2D eigenvalue weighted by Crippen LogP contribution is 2.49. The number of benzene rings is 1. The molecule has 4 rings (SSSR count). The topological polar surface area (TPSA) is 26.3 Å². The van der Waals surface area contributed by atoms with Crippen LogP contribution in [-0.2, 0) is 11.2 Å². The SMILES string of the molecule is C=CCCc1ccc(OC(=O)C2CCC(C3CCC4CC(CCC)CCC4C3)CC2)c(F)c1. The molecule has 0 bridgehead atoms. The molecule has 0 spiro atoms. The molecular formula is C30H43FO2. The largest absolute Gasteiger partial charge is 0.423 e. The minimum absolute atomic E-state index is 0.0708. The van der Waals surface area contributed by atoms with Crippen LogP contribution in [0.15, 0.2) is 30.9 Å². The Balaban J connectivity index is 1.23. The molecule has 0 heterocycles. The Hall–Kier alpha value is -1.64. The molecule has 182 valence electrons. The number of carbonyl (C=O) groups is 1. The van der Waals surface area contributed by atoms with Crippen LogP contribution < -0.4 is 4.74 Å². The van der Waals surface area contributed by atoms with Crippen molar-refractivity contribution >= 4 is 5.97 Å². The Labute approximate surface area is 200 Å². The van der Waals surface area contributed by atoms with Crippen LogP contribution in [0.25, 0.3) is 0 Å². The second kappa shape index (κ2) is 11.7. The van der Waals surface area contributed by atoms with Gasteiger partial charge in [-0.05, 0) is 118 Å². The fourth-order valence-electron chi connectivity index (χ4n) is 7.19. The van der Waals surface area contributed by atoms with Gasteiger partial charge in [0.25, 0.3) is 0 Å². The van der Waals surface area contributed by atoms with Crippen molar-refractivity contribution in [1.29, 1.82) is 0 Å². The summed E-state index contributed by atoms with van der Waals surface area (Å²) >= 11 is 0. The lowest BCUT2D eigenvalue weighted by atomic mass is 9.60. The van der Waals surface area contributed by atoms with E-state index in [9.17, 15) is 9.18 Å². The van der Waals surface area contributed by atoms with Gasteiger partial charge in [0.2, 0.25) is 0 Å². The van der Waals surface area contributed by atoms with Gasteiger partial charge in [-0.25, -0.2) is 4.39 Å². The number of hydrogen-bond donors (Lipinski definition) is 0. The zero-order valence-corrected chi connectivity index (χ0v) is 20.6. The summed E-state index contributed by atoms with van der Waals surface area (Å²) in [6.45, 7) is 6.03. The molecule has 3 heteroatoms. The molecule has 2 nitrogen and oxygen atoms in total. The molecule has 3 saturated carbocycles. The van der Waals surface area contributed by atoms with E-state index in [0.29, 0.717) is 0 Å². The van der Waals surface area contributed by atoms with E-state index in [1.165, 1.54) is 57.4 Å². The zero-order chi connectivity index (χ0) is 23.2. The van der Waals surface area contributed by atoms with E-state index < -0.39 is 5.82 Å². The van der Waals surface area contributed by atoms with E-state index in [1.54, 1.807) is 6.07 Å². The van der Waals surface area contributed by atoms with Gasteiger partial charge in [0.15, 0.2) is 11.6 Å². The summed E-state index contributed by atoms with van der Waals surface area (Å²) in [6, 6.07) is 4.93. The van der Waals surface area contributed by atoms with Crippen molar-refractivity contribution in [2.75, 3.05) is 0 Å². The van der Waals surface area contributed by atoms with Crippen LogP contribution in [0.3, 0.4) is 0 Å². The second-order valence-electron chi connectivity index (χ2n) is 11.2. The highest BCUT2D eigenvalue weighted by molar-refractivity contribution is 5.75. The van der Waals surface area contributed by atoms with Crippen molar-refractivity contribution < 1.29 is 13.9 Å². The minimum atomic E-state index is -0.441. The van der Waals surface area contributed by atoms with Gasteiger partial charge in [-0.15, -0.1) is 6.58 Å². The number of halogens is 1. The first kappa shape index (κ1) is 24.5. The predicted molar refractivity (Wildman–Crippen MR) is 133 cm³/mol. The average Bonchev–Trinajstić information content (AvgIpc) is 2.84. The summed E-state index contributed by atoms with van der Waals surface area (Å²) in [6.07, 6.45) is 18.8. The van der Waals surface area contributed by atoms with Gasteiger partial charge in [0.1, 0.15) is 0 Å². The van der Waals surface area contributed by atoms with Crippen LogP contribution in [0.5, 0.6) is 5.75 Å². The molecule has 0 N–H and O–H groups in total. The summed E-state index contributed by atoms with van der Waals surface area (Å²) in [7, 11) is 0. The molecule has 1 aromatic rings. The fraction of sp³-hybridized carbons (Fsp3) is 0.700. The van der Waals surface area contributed by atoms with E-state index in [2.05, 4.69) is 13.5 Å². The van der Waals surface area contributed by atoms with Gasteiger partial charge in [0, 0.05) is 0 Å². The van der Waals surface area contributed by atoms with Gasteiger partial charge in [-0.1, -0.05) is 38.3 Å². The third-order valence-corrected chi connectivity index (χ3v) is 9.07. The van der Waals surface area contributed by atoms with Gasteiger partial charge >= 0.3 is 5.97 Å². The van der Waals surface area contributed by atoms with Crippen LogP contribution >= 0.6 is 0 Å². The van der Waals surface area contributed by atoms with E-state index in [1.807, 2.05) is 12.1 Å². The molecule has 0 radical (unpaired) electrons. The molecule has 3 aliphatic carbocycles. The maximum absolute atomic E-state index is 14.4. The van der Waals surface area contributed by atoms with Gasteiger partial charge < -0.3 is 4.74 Å². The molecule has 4 unspecified atom stereocenters. The molecule has 3 aliphatic rings.